The Morgan fingerprint density at radius 3 is 2.23 bits per heavy atom. The Kier molecular flexibility index (Phi) is 6.98. The number of rotatable bonds is 5. The van der Waals surface area contributed by atoms with Gasteiger partial charge in [-0.2, -0.15) is 18.3 Å². The highest BCUT2D eigenvalue weighted by atomic mass is 31.2. The van der Waals surface area contributed by atoms with Crippen LogP contribution in [0.1, 0.15) is 38.8 Å². The summed E-state index contributed by atoms with van der Waals surface area (Å²) in [5.74, 6) is 0. The number of alkyl halides is 3. The van der Waals surface area contributed by atoms with Crippen LogP contribution in [0.4, 0.5) is 30.2 Å². The molecule has 39 heavy (non-hydrogen) atoms. The number of hydrogen-bond acceptors (Lipinski definition) is 3. The van der Waals surface area contributed by atoms with Crippen LogP contribution in [0.3, 0.4) is 0 Å². The third-order valence-corrected chi connectivity index (χ3v) is 11.2. The number of hydrazone groups is 1. The highest BCUT2D eigenvalue weighted by molar-refractivity contribution is 7.71. The van der Waals surface area contributed by atoms with E-state index in [0.29, 0.717) is 13.1 Å². The molecule has 5 nitrogen and oxygen atoms in total. The lowest BCUT2D eigenvalue weighted by molar-refractivity contribution is -0.137. The minimum Gasteiger partial charge on any atom is -0.346 e. The summed E-state index contributed by atoms with van der Waals surface area (Å²) in [6.07, 6.45) is -2.58. The molecule has 2 heterocycles. The van der Waals surface area contributed by atoms with Crippen LogP contribution < -0.4 is 9.68 Å². The van der Waals surface area contributed by atoms with Crippen molar-refractivity contribution in [2.75, 3.05) is 29.8 Å². The van der Waals surface area contributed by atoms with E-state index in [2.05, 4.69) is 56.4 Å². The van der Waals surface area contributed by atoms with Gasteiger partial charge in [0.15, 0.2) is 7.36 Å². The van der Waals surface area contributed by atoms with Gasteiger partial charge in [0.2, 0.25) is 0 Å². The number of halogens is 3. The number of benzene rings is 3. The first-order valence-corrected chi connectivity index (χ1v) is 14.7. The standard InChI is InChI=1S/C30H33F3N5P/c1-6-37(7-2)39(35-23-15-13-14-22(20-23)30(31,32)33)27(21-34-38(39)24-16-9-8-10-17-24)28-29(3,4)25-18-11-12-19-26(25)36(28)5/h8-21H,6-7H2,1-5H3/b28-27+/t39-/m1/s1. The minimum atomic E-state index is -4.46. The maximum atomic E-state index is 13.7. The molecule has 0 spiro atoms. The highest BCUT2D eigenvalue weighted by Crippen LogP contribution is 2.70. The maximum Gasteiger partial charge on any atom is 0.416 e. The third-order valence-electron chi connectivity index (χ3n) is 7.53. The molecule has 2 aliphatic rings. The Morgan fingerprint density at radius 2 is 1.59 bits per heavy atom. The van der Waals surface area contributed by atoms with Crippen LogP contribution in [0.25, 0.3) is 0 Å². The molecule has 0 fully saturated rings. The molecule has 204 valence electrons. The molecular formula is C30H33F3N5P. The molecule has 3 aromatic carbocycles. The highest BCUT2D eigenvalue weighted by Gasteiger charge is 2.49. The van der Waals surface area contributed by atoms with Crippen molar-refractivity contribution in [3.63, 3.8) is 0 Å². The zero-order valence-corrected chi connectivity index (χ0v) is 23.7. The summed E-state index contributed by atoms with van der Waals surface area (Å²) in [5.41, 5.74) is 3.39. The summed E-state index contributed by atoms with van der Waals surface area (Å²) < 4.78 is 50.8. The molecule has 2 aliphatic heterocycles. The van der Waals surface area contributed by atoms with Crippen molar-refractivity contribution in [2.24, 2.45) is 9.85 Å². The zero-order chi connectivity index (χ0) is 28.0. The number of para-hydroxylation sites is 2. The fourth-order valence-corrected chi connectivity index (χ4v) is 9.64. The number of nitrogens with zero attached hydrogens (tertiary/aromatic N) is 5. The van der Waals surface area contributed by atoms with Gasteiger partial charge in [-0.05, 0) is 42.0 Å². The van der Waals surface area contributed by atoms with Gasteiger partial charge in [-0.25, -0.2) is 14.2 Å². The Hall–Kier alpha value is -3.35. The van der Waals surface area contributed by atoms with Crippen LogP contribution >= 0.6 is 7.36 Å². The Bertz CT molecular complexity index is 1490. The predicted octanol–water partition coefficient (Wildman–Crippen LogP) is 8.86. The number of fused-ring (bicyclic) bond motifs is 1. The summed E-state index contributed by atoms with van der Waals surface area (Å²) in [4.78, 5) is 2.20. The summed E-state index contributed by atoms with van der Waals surface area (Å²) in [6.45, 7) is 9.81. The number of likely N-dealkylation sites (N-methyl/N-ethyl adjacent to an activating group) is 1. The lowest BCUT2D eigenvalue weighted by atomic mass is 9.84. The normalized spacial score (nSPS) is 22.1. The van der Waals surface area contributed by atoms with E-state index in [1.807, 2.05) is 53.5 Å². The smallest absolute Gasteiger partial charge is 0.346 e. The second-order valence-corrected chi connectivity index (χ2v) is 12.9. The maximum absolute atomic E-state index is 13.7. The van der Waals surface area contributed by atoms with Crippen LogP contribution in [-0.2, 0) is 11.6 Å². The van der Waals surface area contributed by atoms with Crippen molar-refractivity contribution in [3.05, 3.63) is 101 Å². The Balaban J connectivity index is 1.89. The zero-order valence-electron chi connectivity index (χ0n) is 22.8. The van der Waals surface area contributed by atoms with Gasteiger partial charge in [-0.1, -0.05) is 70.2 Å². The van der Waals surface area contributed by atoms with Gasteiger partial charge in [0.1, 0.15) is 0 Å². The quantitative estimate of drug-likeness (QED) is 0.297. The molecule has 0 radical (unpaired) electrons. The molecule has 0 unspecified atom stereocenters. The van der Waals surface area contributed by atoms with E-state index >= 15 is 0 Å². The van der Waals surface area contributed by atoms with Crippen LogP contribution in [0, 0.1) is 0 Å². The van der Waals surface area contributed by atoms with Crippen LogP contribution in [0.2, 0.25) is 0 Å². The van der Waals surface area contributed by atoms with Gasteiger partial charge < -0.3 is 4.90 Å². The van der Waals surface area contributed by atoms with Crippen LogP contribution in [0.15, 0.2) is 99.7 Å². The SMILES string of the molecule is CCN(CC)[P@]1(=Nc2cccc(C(F)(F)F)c2)/C(=C2/N(C)c3ccccc3C2(C)C)C=NN1c1ccccc1. The topological polar surface area (TPSA) is 34.4 Å². The van der Waals surface area contributed by atoms with E-state index in [4.69, 9.17) is 9.85 Å². The molecule has 5 rings (SSSR count). The van der Waals surface area contributed by atoms with Gasteiger partial charge in [0, 0.05) is 36.9 Å². The van der Waals surface area contributed by atoms with Crippen molar-refractivity contribution in [1.82, 2.24) is 4.67 Å². The summed E-state index contributed by atoms with van der Waals surface area (Å²) in [5, 5.41) is 5.89. The molecular weight excluding hydrogens is 518 g/mol. The largest absolute Gasteiger partial charge is 0.416 e. The van der Waals surface area contributed by atoms with Crippen molar-refractivity contribution >= 4 is 30.6 Å². The van der Waals surface area contributed by atoms with Crippen molar-refractivity contribution in [1.29, 1.82) is 0 Å². The van der Waals surface area contributed by atoms with Gasteiger partial charge in [-0.3, -0.25) is 0 Å². The average molecular weight is 552 g/mol. The number of anilines is 2. The van der Waals surface area contributed by atoms with Gasteiger partial charge in [-0.15, -0.1) is 0 Å². The fourth-order valence-electron chi connectivity index (χ4n) is 5.76. The molecule has 1 atom stereocenters. The van der Waals surface area contributed by atoms with E-state index in [9.17, 15) is 13.2 Å². The van der Waals surface area contributed by atoms with E-state index in [1.165, 1.54) is 11.6 Å². The van der Waals surface area contributed by atoms with Crippen molar-refractivity contribution < 1.29 is 13.2 Å². The number of allylic oxidation sites excluding steroid dienone is 2. The third kappa shape index (κ3) is 4.40. The Labute approximate surface area is 228 Å². The second-order valence-electron chi connectivity index (χ2n) is 10.2. The monoisotopic (exact) mass is 551 g/mol. The predicted molar refractivity (Wildman–Crippen MR) is 156 cm³/mol. The molecule has 0 bridgehead atoms. The van der Waals surface area contributed by atoms with E-state index in [0.717, 1.165) is 34.5 Å². The second kappa shape index (κ2) is 10.00. The lowest BCUT2D eigenvalue weighted by Crippen LogP contribution is -2.31. The first-order chi connectivity index (χ1) is 18.6. The van der Waals surface area contributed by atoms with Crippen LogP contribution in [0.5, 0.6) is 0 Å². The lowest BCUT2D eigenvalue weighted by Gasteiger charge is -2.40. The van der Waals surface area contributed by atoms with E-state index < -0.39 is 19.1 Å². The molecule has 0 aromatic heterocycles. The number of hydrogen-bond donors (Lipinski definition) is 0. The van der Waals surface area contributed by atoms with E-state index in [1.54, 1.807) is 6.07 Å². The summed E-state index contributed by atoms with van der Waals surface area (Å²) >= 11 is 0. The first-order valence-electron chi connectivity index (χ1n) is 13.1. The van der Waals surface area contributed by atoms with Gasteiger partial charge in [0.25, 0.3) is 0 Å². The van der Waals surface area contributed by atoms with E-state index in [-0.39, 0.29) is 11.1 Å². The summed E-state index contributed by atoms with van der Waals surface area (Å²) in [6, 6.07) is 23.4. The molecule has 0 saturated carbocycles. The van der Waals surface area contributed by atoms with Gasteiger partial charge >= 0.3 is 6.18 Å². The molecule has 0 aliphatic carbocycles. The average Bonchev–Trinajstić information content (AvgIpc) is 3.37. The summed E-state index contributed by atoms with van der Waals surface area (Å²) in [7, 11) is -0.896. The van der Waals surface area contributed by atoms with Gasteiger partial charge in [0.05, 0.1) is 28.5 Å². The van der Waals surface area contributed by atoms with Crippen molar-refractivity contribution in [2.45, 2.75) is 39.3 Å². The molecule has 0 N–H and O–H groups in total. The fraction of sp³-hybridized carbons (Fsp3) is 0.300. The Morgan fingerprint density at radius 1 is 0.923 bits per heavy atom. The first kappa shape index (κ1) is 27.2. The van der Waals surface area contributed by atoms with Crippen LogP contribution in [-0.4, -0.2) is 31.0 Å². The van der Waals surface area contributed by atoms with Crippen molar-refractivity contribution in [3.8, 4) is 0 Å². The molecule has 3 aromatic rings. The minimum absolute atomic E-state index is 0.283. The molecule has 9 heteroatoms. The molecule has 0 amide bonds. The molecule has 0 saturated heterocycles.